The number of aromatic nitrogens is 4. The molecule has 2 aromatic heterocycles. The number of benzene rings is 2. The molecule has 0 N–H and O–H groups in total. The second kappa shape index (κ2) is 7.31. The molecule has 0 aliphatic carbocycles. The summed E-state index contributed by atoms with van der Waals surface area (Å²) in [5.41, 5.74) is 3.27. The first kappa shape index (κ1) is 19.7. The Labute approximate surface area is 172 Å². The Morgan fingerprint density at radius 2 is 1.83 bits per heavy atom. The fourth-order valence-electron chi connectivity index (χ4n) is 3.23. The highest BCUT2D eigenvalue weighted by Crippen LogP contribution is 2.24. The van der Waals surface area contributed by atoms with E-state index in [1.54, 1.807) is 10.6 Å². The van der Waals surface area contributed by atoms with Crippen molar-refractivity contribution in [2.75, 3.05) is 17.8 Å². The van der Waals surface area contributed by atoms with Crippen LogP contribution in [0, 0.1) is 13.8 Å². The molecule has 0 amide bonds. The van der Waals surface area contributed by atoms with Crippen molar-refractivity contribution in [1.29, 1.82) is 0 Å². The summed E-state index contributed by atoms with van der Waals surface area (Å²) in [7, 11) is -3.07. The highest BCUT2D eigenvalue weighted by molar-refractivity contribution is 8.00. The van der Waals surface area contributed by atoms with Crippen molar-refractivity contribution in [2.24, 2.45) is 0 Å². The van der Waals surface area contributed by atoms with E-state index < -0.39 is 9.84 Å². The number of aryl methyl sites for hydroxylation is 2. The molecule has 2 aromatic carbocycles. The van der Waals surface area contributed by atoms with Crippen LogP contribution >= 0.6 is 11.8 Å². The number of fused-ring (bicyclic) bond motifs is 3. The SMILES string of the molecule is Cc1ccc(C)c(-n2c(=O)c3ccccc3n3c(SCCS(C)(=O)=O)nnc23)c1. The molecule has 7 nitrogen and oxygen atoms in total. The van der Waals surface area contributed by atoms with E-state index in [2.05, 4.69) is 10.2 Å². The lowest BCUT2D eigenvalue weighted by Gasteiger charge is -2.14. The summed E-state index contributed by atoms with van der Waals surface area (Å²) < 4.78 is 26.4. The van der Waals surface area contributed by atoms with Crippen molar-refractivity contribution < 1.29 is 8.42 Å². The Morgan fingerprint density at radius 1 is 1.07 bits per heavy atom. The van der Waals surface area contributed by atoms with Crippen LogP contribution < -0.4 is 5.56 Å². The van der Waals surface area contributed by atoms with E-state index in [0.717, 1.165) is 16.8 Å². The van der Waals surface area contributed by atoms with E-state index in [1.807, 2.05) is 54.6 Å². The van der Waals surface area contributed by atoms with Crippen molar-refractivity contribution >= 4 is 38.3 Å². The van der Waals surface area contributed by atoms with Gasteiger partial charge in [0.2, 0.25) is 5.78 Å². The lowest BCUT2D eigenvalue weighted by molar-refractivity contribution is 0.603. The van der Waals surface area contributed by atoms with E-state index in [0.29, 0.717) is 27.6 Å². The Morgan fingerprint density at radius 3 is 2.59 bits per heavy atom. The number of sulfone groups is 1. The van der Waals surface area contributed by atoms with Gasteiger partial charge in [-0.05, 0) is 43.2 Å². The van der Waals surface area contributed by atoms with Crippen LogP contribution in [0.1, 0.15) is 11.1 Å². The summed E-state index contributed by atoms with van der Waals surface area (Å²) in [5.74, 6) is 0.807. The van der Waals surface area contributed by atoms with E-state index in [9.17, 15) is 13.2 Å². The summed E-state index contributed by atoms with van der Waals surface area (Å²) in [6, 6.07) is 13.2. The minimum absolute atomic E-state index is 0.0428. The van der Waals surface area contributed by atoms with Gasteiger partial charge in [0.25, 0.3) is 5.56 Å². The van der Waals surface area contributed by atoms with E-state index in [1.165, 1.54) is 18.0 Å². The monoisotopic (exact) mass is 428 g/mol. The van der Waals surface area contributed by atoms with Crippen LogP contribution in [0.2, 0.25) is 0 Å². The van der Waals surface area contributed by atoms with Gasteiger partial charge in [0.1, 0.15) is 9.84 Å². The highest BCUT2D eigenvalue weighted by Gasteiger charge is 2.19. The molecule has 0 atom stereocenters. The lowest BCUT2D eigenvalue weighted by atomic mass is 10.1. The molecule has 0 unspecified atom stereocenters. The van der Waals surface area contributed by atoms with E-state index in [4.69, 9.17) is 0 Å². The molecular weight excluding hydrogens is 408 g/mol. The molecule has 0 bridgehead atoms. The Kier molecular flexibility index (Phi) is 4.95. The van der Waals surface area contributed by atoms with Gasteiger partial charge >= 0.3 is 0 Å². The van der Waals surface area contributed by atoms with E-state index >= 15 is 0 Å². The van der Waals surface area contributed by atoms with Crippen LogP contribution in [-0.4, -0.2) is 45.3 Å². The van der Waals surface area contributed by atoms with Crippen molar-refractivity contribution in [3.63, 3.8) is 0 Å². The molecule has 0 radical (unpaired) electrons. The number of hydrogen-bond acceptors (Lipinski definition) is 6. The first-order valence-corrected chi connectivity index (χ1v) is 12.1. The topological polar surface area (TPSA) is 86.3 Å². The average molecular weight is 429 g/mol. The van der Waals surface area contributed by atoms with Crippen molar-refractivity contribution in [3.8, 4) is 5.69 Å². The predicted octanol–water partition coefficient (Wildman–Crippen LogP) is 2.79. The number of para-hydroxylation sites is 1. The molecule has 0 spiro atoms. The molecule has 9 heteroatoms. The standard InChI is InChI=1S/C20H20N4O3S2/c1-13-8-9-14(2)17(12-13)23-18(25)15-6-4-5-7-16(15)24-19(23)21-22-20(24)28-10-11-29(3,26)27/h4-9,12H,10-11H2,1-3H3. The van der Waals surface area contributed by atoms with Gasteiger partial charge < -0.3 is 0 Å². The second-order valence-electron chi connectivity index (χ2n) is 7.04. The van der Waals surface area contributed by atoms with Crippen molar-refractivity contribution in [1.82, 2.24) is 19.2 Å². The first-order valence-electron chi connectivity index (χ1n) is 9.03. The molecule has 0 aliphatic rings. The summed E-state index contributed by atoms with van der Waals surface area (Å²) in [5, 5.41) is 9.66. The van der Waals surface area contributed by atoms with Gasteiger partial charge in [-0.1, -0.05) is 36.0 Å². The van der Waals surface area contributed by atoms with Crippen LogP contribution in [0.25, 0.3) is 22.4 Å². The van der Waals surface area contributed by atoms with Gasteiger partial charge in [-0.25, -0.2) is 13.0 Å². The van der Waals surface area contributed by atoms with Gasteiger partial charge in [0, 0.05) is 12.0 Å². The Hall–Kier alpha value is -2.65. The minimum Gasteiger partial charge on any atom is -0.268 e. The molecule has 4 aromatic rings. The van der Waals surface area contributed by atoms with Crippen LogP contribution in [0.5, 0.6) is 0 Å². The largest absolute Gasteiger partial charge is 0.268 e. The summed E-state index contributed by atoms with van der Waals surface area (Å²) in [4.78, 5) is 13.4. The summed E-state index contributed by atoms with van der Waals surface area (Å²) in [6.45, 7) is 3.92. The third-order valence-corrected chi connectivity index (χ3v) is 6.82. The van der Waals surface area contributed by atoms with Crippen LogP contribution in [0.4, 0.5) is 0 Å². The lowest BCUT2D eigenvalue weighted by Crippen LogP contribution is -2.22. The Balaban J connectivity index is 2.00. The first-order chi connectivity index (χ1) is 13.8. The summed E-state index contributed by atoms with van der Waals surface area (Å²) >= 11 is 1.31. The third kappa shape index (κ3) is 3.67. The van der Waals surface area contributed by atoms with Crippen LogP contribution in [-0.2, 0) is 9.84 Å². The second-order valence-corrected chi connectivity index (χ2v) is 10.4. The summed E-state index contributed by atoms with van der Waals surface area (Å²) in [6.07, 6.45) is 1.21. The zero-order valence-electron chi connectivity index (χ0n) is 16.3. The van der Waals surface area contributed by atoms with Crippen LogP contribution in [0.15, 0.2) is 52.4 Å². The maximum Gasteiger partial charge on any atom is 0.267 e. The molecule has 0 saturated heterocycles. The fraction of sp³-hybridized carbons (Fsp3) is 0.250. The molecule has 150 valence electrons. The molecule has 0 saturated carbocycles. The van der Waals surface area contributed by atoms with Gasteiger partial charge in [0.15, 0.2) is 5.16 Å². The van der Waals surface area contributed by atoms with Crippen molar-refractivity contribution in [2.45, 2.75) is 19.0 Å². The quantitative estimate of drug-likeness (QED) is 0.454. The van der Waals surface area contributed by atoms with Crippen LogP contribution in [0.3, 0.4) is 0 Å². The Bertz CT molecular complexity index is 1400. The van der Waals surface area contributed by atoms with E-state index in [-0.39, 0.29) is 11.3 Å². The smallest absolute Gasteiger partial charge is 0.267 e. The fourth-order valence-corrected chi connectivity index (χ4v) is 5.37. The van der Waals surface area contributed by atoms with Crippen molar-refractivity contribution in [3.05, 3.63) is 63.9 Å². The molecular formula is C20H20N4O3S2. The number of rotatable bonds is 5. The minimum atomic E-state index is -3.07. The van der Waals surface area contributed by atoms with Gasteiger partial charge in [-0.2, -0.15) is 0 Å². The van der Waals surface area contributed by atoms with Gasteiger partial charge in [-0.15, -0.1) is 10.2 Å². The normalized spacial score (nSPS) is 12.1. The predicted molar refractivity (Wildman–Crippen MR) is 116 cm³/mol. The van der Waals surface area contributed by atoms with Gasteiger partial charge in [0.05, 0.1) is 22.3 Å². The maximum atomic E-state index is 13.4. The highest BCUT2D eigenvalue weighted by atomic mass is 32.2. The molecule has 29 heavy (non-hydrogen) atoms. The zero-order chi connectivity index (χ0) is 20.8. The maximum absolute atomic E-state index is 13.4. The molecule has 2 heterocycles. The van der Waals surface area contributed by atoms with Gasteiger partial charge in [-0.3, -0.25) is 9.20 Å². The zero-order valence-corrected chi connectivity index (χ0v) is 17.9. The number of thioether (sulfide) groups is 1. The average Bonchev–Trinajstić information content (AvgIpc) is 3.07. The molecule has 0 fully saturated rings. The number of hydrogen-bond donors (Lipinski definition) is 0. The molecule has 0 aliphatic heterocycles. The molecule has 4 rings (SSSR count). The number of nitrogens with zero attached hydrogens (tertiary/aromatic N) is 4. The third-order valence-electron chi connectivity index (χ3n) is 4.69.